The summed E-state index contributed by atoms with van der Waals surface area (Å²) in [4.78, 5) is 20.9. The maximum atomic E-state index is 12.3. The van der Waals surface area contributed by atoms with E-state index in [9.17, 15) is 4.79 Å². The lowest BCUT2D eigenvalue weighted by atomic mass is 10.2. The third-order valence-electron chi connectivity index (χ3n) is 4.47. The molecule has 0 bridgehead atoms. The van der Waals surface area contributed by atoms with Gasteiger partial charge in [-0.1, -0.05) is 17.7 Å². The maximum Gasteiger partial charge on any atom is 0.239 e. The van der Waals surface area contributed by atoms with Crippen molar-refractivity contribution in [2.75, 3.05) is 6.54 Å². The van der Waals surface area contributed by atoms with Crippen LogP contribution in [0.3, 0.4) is 0 Å². The second kappa shape index (κ2) is 8.54. The molecule has 7 heteroatoms. The summed E-state index contributed by atoms with van der Waals surface area (Å²) in [5, 5.41) is 7.87. The van der Waals surface area contributed by atoms with E-state index in [1.165, 1.54) is 0 Å². The lowest BCUT2D eigenvalue weighted by Crippen LogP contribution is -2.28. The monoisotopic (exact) mass is 410 g/mol. The predicted molar refractivity (Wildman–Crippen MR) is 114 cm³/mol. The van der Waals surface area contributed by atoms with Gasteiger partial charge in [-0.2, -0.15) is 0 Å². The van der Waals surface area contributed by atoms with E-state index in [2.05, 4.69) is 20.7 Å². The molecule has 0 aliphatic rings. The first-order valence-electron chi connectivity index (χ1n) is 9.05. The molecule has 0 saturated heterocycles. The summed E-state index contributed by atoms with van der Waals surface area (Å²) in [6.45, 7) is 0.913. The van der Waals surface area contributed by atoms with Crippen LogP contribution in [0.2, 0.25) is 5.02 Å². The summed E-state index contributed by atoms with van der Waals surface area (Å²) in [7, 11) is 0. The van der Waals surface area contributed by atoms with E-state index >= 15 is 0 Å². The minimum Gasteiger partial charge on any atom is -0.355 e. The second-order valence-corrected chi connectivity index (χ2v) is 7.84. The number of hydrogen-bond donors (Lipinski definition) is 1. The van der Waals surface area contributed by atoms with E-state index in [1.807, 2.05) is 47.2 Å². The molecular weight excluding hydrogens is 392 g/mol. The summed E-state index contributed by atoms with van der Waals surface area (Å²) in [6.07, 6.45) is 7.15. The van der Waals surface area contributed by atoms with Crippen molar-refractivity contribution < 1.29 is 4.79 Å². The van der Waals surface area contributed by atoms with Gasteiger partial charge in [0.1, 0.15) is 6.54 Å². The molecule has 3 aromatic heterocycles. The van der Waals surface area contributed by atoms with Crippen molar-refractivity contribution in [2.45, 2.75) is 19.4 Å². The Morgan fingerprint density at radius 3 is 2.89 bits per heavy atom. The van der Waals surface area contributed by atoms with Gasteiger partial charge >= 0.3 is 0 Å². The molecule has 5 nitrogen and oxygen atoms in total. The van der Waals surface area contributed by atoms with Crippen molar-refractivity contribution in [3.05, 3.63) is 70.4 Å². The highest BCUT2D eigenvalue weighted by Gasteiger charge is 2.08. The standard InChI is InChI=1S/C21H19ClN4OS/c22-17-4-3-16-7-11-26(19(16)12-17)13-20(27)24-8-1-2-21-25-18(14-28-21)15-5-9-23-10-6-15/h3-7,9-12,14H,1-2,8,13H2,(H,24,27). The first-order chi connectivity index (χ1) is 13.7. The topological polar surface area (TPSA) is 59.8 Å². The Morgan fingerprint density at radius 1 is 1.18 bits per heavy atom. The van der Waals surface area contributed by atoms with Gasteiger partial charge in [0.2, 0.25) is 5.91 Å². The molecule has 1 N–H and O–H groups in total. The van der Waals surface area contributed by atoms with Gasteiger partial charge in [-0.3, -0.25) is 9.78 Å². The Kier molecular flexibility index (Phi) is 5.69. The molecule has 142 valence electrons. The molecule has 0 atom stereocenters. The number of carbonyl (C=O) groups excluding carboxylic acids is 1. The van der Waals surface area contributed by atoms with E-state index in [0.29, 0.717) is 11.6 Å². The predicted octanol–water partition coefficient (Wildman–Crippen LogP) is 4.56. The zero-order valence-electron chi connectivity index (χ0n) is 15.1. The summed E-state index contributed by atoms with van der Waals surface area (Å²) in [5.74, 6) is -0.00547. The Hall–Kier alpha value is -2.70. The van der Waals surface area contributed by atoms with Gasteiger partial charge in [-0.15, -0.1) is 11.3 Å². The van der Waals surface area contributed by atoms with Gasteiger partial charge in [-0.25, -0.2) is 4.98 Å². The fourth-order valence-electron chi connectivity index (χ4n) is 3.05. The average molecular weight is 411 g/mol. The van der Waals surface area contributed by atoms with E-state index in [4.69, 9.17) is 11.6 Å². The van der Waals surface area contributed by atoms with Crippen LogP contribution in [0.4, 0.5) is 0 Å². The van der Waals surface area contributed by atoms with Crippen LogP contribution in [0.15, 0.2) is 60.4 Å². The number of amides is 1. The zero-order valence-corrected chi connectivity index (χ0v) is 16.7. The molecule has 0 saturated carbocycles. The largest absolute Gasteiger partial charge is 0.355 e. The molecule has 0 fully saturated rings. The van der Waals surface area contributed by atoms with Crippen LogP contribution in [0.25, 0.3) is 22.2 Å². The van der Waals surface area contributed by atoms with Crippen LogP contribution in [-0.2, 0) is 17.8 Å². The third-order valence-corrected chi connectivity index (χ3v) is 5.61. The quantitative estimate of drug-likeness (QED) is 0.454. The Balaban J connectivity index is 1.26. The Labute approximate surface area is 172 Å². The molecule has 4 aromatic rings. The number of benzene rings is 1. The first kappa shape index (κ1) is 18.7. The molecular formula is C21H19ClN4OS. The van der Waals surface area contributed by atoms with Crippen LogP contribution < -0.4 is 5.32 Å². The lowest BCUT2D eigenvalue weighted by molar-refractivity contribution is -0.121. The molecule has 0 unspecified atom stereocenters. The molecule has 0 radical (unpaired) electrons. The zero-order chi connectivity index (χ0) is 19.3. The second-order valence-electron chi connectivity index (χ2n) is 6.46. The highest BCUT2D eigenvalue weighted by Crippen LogP contribution is 2.22. The first-order valence-corrected chi connectivity index (χ1v) is 10.3. The van der Waals surface area contributed by atoms with Crippen LogP contribution in [0, 0.1) is 0 Å². The summed E-state index contributed by atoms with van der Waals surface area (Å²) < 4.78 is 1.92. The number of fused-ring (bicyclic) bond motifs is 1. The van der Waals surface area contributed by atoms with Crippen molar-refractivity contribution in [3.8, 4) is 11.3 Å². The van der Waals surface area contributed by atoms with Gasteiger partial charge in [0.25, 0.3) is 0 Å². The molecule has 3 heterocycles. The van der Waals surface area contributed by atoms with Crippen LogP contribution >= 0.6 is 22.9 Å². The minimum absolute atomic E-state index is 0.00547. The number of pyridine rings is 1. The van der Waals surface area contributed by atoms with E-state index in [-0.39, 0.29) is 12.5 Å². The highest BCUT2D eigenvalue weighted by atomic mass is 35.5. The van der Waals surface area contributed by atoms with Crippen LogP contribution in [0.1, 0.15) is 11.4 Å². The number of hydrogen-bond acceptors (Lipinski definition) is 4. The van der Waals surface area contributed by atoms with Crippen LogP contribution in [0.5, 0.6) is 0 Å². The van der Waals surface area contributed by atoms with Crippen molar-refractivity contribution in [2.24, 2.45) is 0 Å². The minimum atomic E-state index is -0.00547. The van der Waals surface area contributed by atoms with Gasteiger partial charge in [0, 0.05) is 53.0 Å². The summed E-state index contributed by atoms with van der Waals surface area (Å²) >= 11 is 7.71. The van der Waals surface area contributed by atoms with Gasteiger partial charge in [0.05, 0.1) is 10.7 Å². The van der Waals surface area contributed by atoms with E-state index in [0.717, 1.165) is 40.0 Å². The Bertz CT molecular complexity index is 1090. The molecule has 0 spiro atoms. The number of rotatable bonds is 7. The number of nitrogens with zero attached hydrogens (tertiary/aromatic N) is 3. The normalized spacial score (nSPS) is 11.0. The molecule has 0 aliphatic carbocycles. The molecule has 4 rings (SSSR count). The summed E-state index contributed by atoms with van der Waals surface area (Å²) in [6, 6.07) is 11.6. The smallest absolute Gasteiger partial charge is 0.239 e. The molecule has 28 heavy (non-hydrogen) atoms. The highest BCUT2D eigenvalue weighted by molar-refractivity contribution is 7.09. The van der Waals surface area contributed by atoms with Gasteiger partial charge < -0.3 is 9.88 Å². The molecule has 1 amide bonds. The molecule has 0 aliphatic heterocycles. The SMILES string of the molecule is O=C(Cn1ccc2ccc(Cl)cc21)NCCCc1nc(-c2ccncc2)cs1. The van der Waals surface area contributed by atoms with Crippen molar-refractivity contribution in [3.63, 3.8) is 0 Å². The average Bonchev–Trinajstić information content (AvgIpc) is 3.33. The van der Waals surface area contributed by atoms with E-state index < -0.39 is 0 Å². The van der Waals surface area contributed by atoms with E-state index in [1.54, 1.807) is 23.7 Å². The van der Waals surface area contributed by atoms with Crippen molar-refractivity contribution >= 4 is 39.7 Å². The van der Waals surface area contributed by atoms with Crippen LogP contribution in [-0.4, -0.2) is 27.0 Å². The number of thiazole rings is 1. The number of carbonyl (C=O) groups is 1. The lowest BCUT2D eigenvalue weighted by Gasteiger charge is -2.07. The fourth-order valence-corrected chi connectivity index (χ4v) is 4.07. The third kappa shape index (κ3) is 4.40. The number of nitrogens with one attached hydrogen (secondary N) is 1. The Morgan fingerprint density at radius 2 is 2.04 bits per heavy atom. The maximum absolute atomic E-state index is 12.3. The van der Waals surface area contributed by atoms with Crippen molar-refractivity contribution in [1.29, 1.82) is 0 Å². The molecule has 1 aromatic carbocycles. The summed E-state index contributed by atoms with van der Waals surface area (Å²) in [5.41, 5.74) is 3.02. The number of aromatic nitrogens is 3. The fraction of sp³-hybridized carbons (Fsp3) is 0.190. The van der Waals surface area contributed by atoms with Gasteiger partial charge in [-0.05, 0) is 42.1 Å². The van der Waals surface area contributed by atoms with Gasteiger partial charge in [0.15, 0.2) is 0 Å². The number of halogens is 1. The number of aryl methyl sites for hydroxylation is 1. The van der Waals surface area contributed by atoms with Crippen molar-refractivity contribution in [1.82, 2.24) is 19.9 Å².